The molecule has 2 aliphatic carbocycles. The normalized spacial score (nSPS) is 16.4. The van der Waals surface area contributed by atoms with Gasteiger partial charge in [-0.05, 0) is 35.4 Å². The summed E-state index contributed by atoms with van der Waals surface area (Å²) in [6.07, 6.45) is 10.8. The molecule has 0 unspecified atom stereocenters. The maximum atomic E-state index is 4.55. The van der Waals surface area contributed by atoms with Crippen LogP contribution >= 0.6 is 0 Å². The highest BCUT2D eigenvalue weighted by Gasteiger charge is 2.19. The van der Waals surface area contributed by atoms with Crippen molar-refractivity contribution in [3.63, 3.8) is 0 Å². The molecule has 16 heavy (non-hydrogen) atoms. The fourth-order valence-electron chi connectivity index (χ4n) is 2.80. The van der Waals surface area contributed by atoms with Crippen LogP contribution in [0.5, 0.6) is 0 Å². The zero-order valence-corrected chi connectivity index (χ0v) is 8.90. The van der Waals surface area contributed by atoms with Gasteiger partial charge in [-0.15, -0.1) is 0 Å². The molecule has 0 aliphatic heterocycles. The van der Waals surface area contributed by atoms with Gasteiger partial charge in [-0.25, -0.2) is 0 Å². The minimum Gasteiger partial charge on any atom is -0.256 e. The van der Waals surface area contributed by atoms with E-state index in [4.69, 9.17) is 0 Å². The third-order valence-electron chi connectivity index (χ3n) is 3.53. The molecule has 1 heteroatoms. The molecular weight excluding hydrogens is 194 g/mol. The Morgan fingerprint density at radius 3 is 3.12 bits per heavy atom. The highest BCUT2D eigenvalue weighted by Crippen LogP contribution is 2.38. The second kappa shape index (κ2) is 2.82. The Labute approximate surface area is 94.1 Å². The summed E-state index contributed by atoms with van der Waals surface area (Å²) in [5.74, 6) is 0. The number of hydrogen-bond acceptors (Lipinski definition) is 1. The summed E-state index contributed by atoms with van der Waals surface area (Å²) in [5, 5.41) is 2.70. The van der Waals surface area contributed by atoms with Crippen molar-refractivity contribution in [3.05, 3.63) is 53.4 Å². The highest BCUT2D eigenvalue weighted by molar-refractivity contribution is 6.01. The molecule has 76 valence electrons. The number of benzene rings is 1. The Hall–Kier alpha value is -1.89. The van der Waals surface area contributed by atoms with Crippen molar-refractivity contribution in [3.8, 4) is 0 Å². The van der Waals surface area contributed by atoms with Crippen molar-refractivity contribution < 1.29 is 0 Å². The zero-order valence-electron chi connectivity index (χ0n) is 8.90. The predicted octanol–water partition coefficient (Wildman–Crippen LogP) is 3.59. The fraction of sp³-hybridized carbons (Fsp3) is 0.133. The van der Waals surface area contributed by atoms with Gasteiger partial charge in [0.1, 0.15) is 0 Å². The molecule has 0 N–H and O–H groups in total. The lowest BCUT2D eigenvalue weighted by atomic mass is 9.84. The highest BCUT2D eigenvalue weighted by atomic mass is 14.7. The quantitative estimate of drug-likeness (QED) is 0.640. The maximum Gasteiger partial charge on any atom is 0.0708 e. The number of hydrogen-bond donors (Lipinski definition) is 0. The van der Waals surface area contributed by atoms with Crippen molar-refractivity contribution in [2.45, 2.75) is 12.8 Å². The molecule has 4 rings (SSSR count). The van der Waals surface area contributed by atoms with Crippen LogP contribution < -0.4 is 0 Å². The molecule has 0 spiro atoms. The first-order valence-electron chi connectivity index (χ1n) is 5.70. The smallest absolute Gasteiger partial charge is 0.0708 e. The predicted molar refractivity (Wildman–Crippen MR) is 67.1 cm³/mol. The molecule has 0 radical (unpaired) electrons. The van der Waals surface area contributed by atoms with Crippen LogP contribution in [0.2, 0.25) is 0 Å². The van der Waals surface area contributed by atoms with E-state index in [0.717, 1.165) is 18.5 Å². The summed E-state index contributed by atoms with van der Waals surface area (Å²) < 4.78 is 0. The first-order valence-corrected chi connectivity index (χ1v) is 5.70. The summed E-state index contributed by atoms with van der Waals surface area (Å²) in [6.45, 7) is 0. The lowest BCUT2D eigenvalue weighted by Crippen LogP contribution is -2.04. The van der Waals surface area contributed by atoms with Crippen LogP contribution in [-0.2, 0) is 6.42 Å². The molecule has 0 saturated heterocycles. The summed E-state index contributed by atoms with van der Waals surface area (Å²) in [6, 6.07) is 6.52. The van der Waals surface area contributed by atoms with Crippen LogP contribution in [0.25, 0.3) is 22.4 Å². The average molecular weight is 205 g/mol. The van der Waals surface area contributed by atoms with Gasteiger partial charge in [0.2, 0.25) is 0 Å². The monoisotopic (exact) mass is 205 g/mol. The molecule has 1 aromatic heterocycles. The second-order valence-electron chi connectivity index (χ2n) is 4.44. The lowest BCUT2D eigenvalue weighted by molar-refractivity contribution is 1.19. The van der Waals surface area contributed by atoms with Gasteiger partial charge in [0.05, 0.1) is 5.69 Å². The van der Waals surface area contributed by atoms with E-state index in [9.17, 15) is 0 Å². The van der Waals surface area contributed by atoms with Crippen LogP contribution in [0.3, 0.4) is 0 Å². The molecule has 1 heterocycles. The summed E-state index contributed by atoms with van der Waals surface area (Å²) in [5.41, 5.74) is 5.41. The second-order valence-corrected chi connectivity index (χ2v) is 4.44. The van der Waals surface area contributed by atoms with E-state index in [-0.39, 0.29) is 0 Å². The molecule has 0 fully saturated rings. The van der Waals surface area contributed by atoms with E-state index in [1.165, 1.54) is 27.5 Å². The van der Waals surface area contributed by atoms with Gasteiger partial charge in [0.25, 0.3) is 0 Å². The molecule has 0 saturated carbocycles. The van der Waals surface area contributed by atoms with Crippen molar-refractivity contribution in [2.75, 3.05) is 0 Å². The van der Waals surface area contributed by atoms with Crippen molar-refractivity contribution >= 4 is 22.4 Å². The Kier molecular flexibility index (Phi) is 1.46. The largest absolute Gasteiger partial charge is 0.256 e. The number of allylic oxidation sites excluding steroid dienone is 3. The van der Waals surface area contributed by atoms with Gasteiger partial charge < -0.3 is 0 Å². The van der Waals surface area contributed by atoms with Gasteiger partial charge in [-0.2, -0.15) is 0 Å². The van der Waals surface area contributed by atoms with Gasteiger partial charge >= 0.3 is 0 Å². The van der Waals surface area contributed by atoms with Gasteiger partial charge in [-0.3, -0.25) is 4.98 Å². The minimum atomic E-state index is 1.06. The fourth-order valence-corrected chi connectivity index (χ4v) is 2.80. The minimum absolute atomic E-state index is 1.06. The molecule has 2 aromatic rings. The average Bonchev–Trinajstić information content (AvgIpc) is 2.36. The molecule has 0 amide bonds. The van der Waals surface area contributed by atoms with Crippen molar-refractivity contribution in [2.24, 2.45) is 0 Å². The summed E-state index contributed by atoms with van der Waals surface area (Å²) >= 11 is 0. The maximum absolute atomic E-state index is 4.55. The van der Waals surface area contributed by atoms with E-state index >= 15 is 0 Å². The van der Waals surface area contributed by atoms with Crippen LogP contribution in [0.15, 0.2) is 36.5 Å². The Bertz CT molecular complexity index is 662. The summed E-state index contributed by atoms with van der Waals surface area (Å²) in [4.78, 5) is 4.55. The third-order valence-corrected chi connectivity index (χ3v) is 3.53. The van der Waals surface area contributed by atoms with Gasteiger partial charge in [-0.1, -0.05) is 30.4 Å². The van der Waals surface area contributed by atoms with Crippen molar-refractivity contribution in [1.29, 1.82) is 0 Å². The third kappa shape index (κ3) is 0.929. The first kappa shape index (κ1) is 8.28. The van der Waals surface area contributed by atoms with Gasteiger partial charge in [0.15, 0.2) is 0 Å². The Morgan fingerprint density at radius 2 is 2.12 bits per heavy atom. The number of aromatic nitrogens is 1. The van der Waals surface area contributed by atoms with Crippen molar-refractivity contribution in [1.82, 2.24) is 4.98 Å². The lowest BCUT2D eigenvalue weighted by Gasteiger charge is -2.22. The molecular formula is C15H11N. The number of rotatable bonds is 0. The van der Waals surface area contributed by atoms with E-state index in [1.54, 1.807) is 0 Å². The van der Waals surface area contributed by atoms with E-state index < -0.39 is 0 Å². The van der Waals surface area contributed by atoms with Crippen LogP contribution in [0.4, 0.5) is 0 Å². The molecule has 1 aromatic carbocycles. The van der Waals surface area contributed by atoms with E-state index in [2.05, 4.69) is 41.4 Å². The van der Waals surface area contributed by atoms with Gasteiger partial charge in [0, 0.05) is 17.1 Å². The number of pyridine rings is 1. The summed E-state index contributed by atoms with van der Waals surface area (Å²) in [7, 11) is 0. The number of nitrogens with zero attached hydrogens (tertiary/aromatic N) is 1. The standard InChI is InChI=1S/C15H11N/c1-3-10-7-8-11-4-2-6-13-15(11)14(10)12(5-1)9-16-13/h1-3,5-6,8-9H,4,7H2. The van der Waals surface area contributed by atoms with Crippen LogP contribution in [0.1, 0.15) is 23.2 Å². The van der Waals surface area contributed by atoms with E-state index in [1.807, 2.05) is 6.20 Å². The molecule has 0 bridgehead atoms. The molecule has 2 aliphatic rings. The van der Waals surface area contributed by atoms with E-state index in [0.29, 0.717) is 0 Å². The topological polar surface area (TPSA) is 12.9 Å². The first-order chi connectivity index (χ1) is 7.93. The molecule has 1 nitrogen and oxygen atoms in total. The Balaban J connectivity index is 2.27. The molecule has 0 atom stereocenters. The SMILES string of the molecule is C1=Cc2ncc3cccc4c3c2C(=CC4)C1. The zero-order chi connectivity index (χ0) is 10.5. The van der Waals surface area contributed by atoms with Crippen LogP contribution in [-0.4, -0.2) is 4.98 Å². The van der Waals surface area contributed by atoms with Crippen LogP contribution in [0, 0.1) is 0 Å². The Morgan fingerprint density at radius 1 is 1.12 bits per heavy atom.